The fourth-order valence-corrected chi connectivity index (χ4v) is 2.04. The lowest BCUT2D eigenvalue weighted by atomic mass is 9.88. The minimum Gasteiger partial charge on any atom is -0.324 e. The Labute approximate surface area is 90.9 Å². The zero-order valence-electron chi connectivity index (χ0n) is 9.79. The number of likely N-dealkylation sites (N-methyl/N-ethyl adjacent to an activating group) is 1. The van der Waals surface area contributed by atoms with Crippen molar-refractivity contribution >= 4 is 0 Å². The van der Waals surface area contributed by atoms with Crippen LogP contribution in [0.25, 0.3) is 0 Å². The number of hydrogen-bond acceptors (Lipinski definition) is 2. The smallest absolute Gasteiger partial charge is 0.128 e. The summed E-state index contributed by atoms with van der Waals surface area (Å²) in [6.45, 7) is 3.81. The number of nitrogens with zero attached hydrogens (tertiary/aromatic N) is 1. The monoisotopic (exact) mass is 210 g/mol. The molecule has 1 aromatic carbocycles. The van der Waals surface area contributed by atoms with E-state index in [-0.39, 0.29) is 11.9 Å². The molecule has 0 saturated carbocycles. The van der Waals surface area contributed by atoms with Gasteiger partial charge in [0, 0.05) is 11.1 Å². The molecule has 0 bridgehead atoms. The van der Waals surface area contributed by atoms with E-state index in [4.69, 9.17) is 5.73 Å². The first kappa shape index (κ1) is 12.1. The summed E-state index contributed by atoms with van der Waals surface area (Å²) in [7, 11) is 3.82. The van der Waals surface area contributed by atoms with Crippen molar-refractivity contribution in [3.05, 3.63) is 35.6 Å². The summed E-state index contributed by atoms with van der Waals surface area (Å²) >= 11 is 0. The molecule has 2 nitrogen and oxygen atoms in total. The zero-order chi connectivity index (χ0) is 11.6. The standard InChI is InChI=1S/C12H19FN2/c1-12(2,14)11(15(3)4)9-7-5-6-8-10(9)13/h5-8,11H,14H2,1-4H3. The van der Waals surface area contributed by atoms with Gasteiger partial charge in [-0.2, -0.15) is 0 Å². The minimum atomic E-state index is -0.480. The summed E-state index contributed by atoms with van der Waals surface area (Å²) in [4.78, 5) is 1.94. The Hall–Kier alpha value is -0.930. The van der Waals surface area contributed by atoms with E-state index in [9.17, 15) is 4.39 Å². The highest BCUT2D eigenvalue weighted by Crippen LogP contribution is 2.29. The highest BCUT2D eigenvalue weighted by atomic mass is 19.1. The molecule has 1 aromatic rings. The zero-order valence-corrected chi connectivity index (χ0v) is 9.79. The molecule has 84 valence electrons. The lowest BCUT2D eigenvalue weighted by Crippen LogP contribution is -2.46. The first-order chi connectivity index (χ1) is 6.84. The average Bonchev–Trinajstić information content (AvgIpc) is 2.05. The van der Waals surface area contributed by atoms with Gasteiger partial charge in [-0.3, -0.25) is 0 Å². The van der Waals surface area contributed by atoms with Gasteiger partial charge in [-0.1, -0.05) is 18.2 Å². The molecule has 2 N–H and O–H groups in total. The fraction of sp³-hybridized carbons (Fsp3) is 0.500. The third-order valence-electron chi connectivity index (χ3n) is 2.42. The van der Waals surface area contributed by atoms with E-state index >= 15 is 0 Å². The van der Waals surface area contributed by atoms with Crippen molar-refractivity contribution in [2.24, 2.45) is 5.73 Å². The van der Waals surface area contributed by atoms with E-state index in [0.717, 1.165) is 0 Å². The van der Waals surface area contributed by atoms with Gasteiger partial charge in [0.2, 0.25) is 0 Å². The second-order valence-corrected chi connectivity index (χ2v) is 4.71. The number of benzene rings is 1. The molecule has 0 amide bonds. The molecule has 1 unspecified atom stereocenters. The van der Waals surface area contributed by atoms with Crippen LogP contribution in [0.3, 0.4) is 0 Å². The SMILES string of the molecule is CN(C)C(c1ccccc1F)C(C)(C)N. The topological polar surface area (TPSA) is 29.3 Å². The Bertz CT molecular complexity index is 329. The Morgan fingerprint density at radius 2 is 1.80 bits per heavy atom. The second kappa shape index (κ2) is 4.29. The van der Waals surface area contributed by atoms with Gasteiger partial charge in [-0.05, 0) is 34.0 Å². The van der Waals surface area contributed by atoms with Gasteiger partial charge in [0.25, 0.3) is 0 Å². The maximum atomic E-state index is 13.6. The van der Waals surface area contributed by atoms with E-state index in [1.54, 1.807) is 12.1 Å². The molecule has 0 aliphatic heterocycles. The first-order valence-electron chi connectivity index (χ1n) is 5.03. The largest absolute Gasteiger partial charge is 0.324 e. The highest BCUT2D eigenvalue weighted by molar-refractivity contribution is 5.24. The Morgan fingerprint density at radius 3 is 2.20 bits per heavy atom. The summed E-state index contributed by atoms with van der Waals surface area (Å²) in [5, 5.41) is 0. The van der Waals surface area contributed by atoms with Gasteiger partial charge in [0.1, 0.15) is 5.82 Å². The summed E-state index contributed by atoms with van der Waals surface area (Å²) < 4.78 is 13.6. The van der Waals surface area contributed by atoms with Gasteiger partial charge in [0.15, 0.2) is 0 Å². The third kappa shape index (κ3) is 2.76. The van der Waals surface area contributed by atoms with E-state index < -0.39 is 5.54 Å². The molecular formula is C12H19FN2. The maximum absolute atomic E-state index is 13.6. The van der Waals surface area contributed by atoms with E-state index in [2.05, 4.69) is 0 Å². The quantitative estimate of drug-likeness (QED) is 0.828. The van der Waals surface area contributed by atoms with Gasteiger partial charge < -0.3 is 10.6 Å². The maximum Gasteiger partial charge on any atom is 0.128 e. The lowest BCUT2D eigenvalue weighted by molar-refractivity contribution is 0.199. The Balaban J connectivity index is 3.17. The molecule has 0 saturated heterocycles. The molecule has 0 aliphatic rings. The summed E-state index contributed by atoms with van der Waals surface area (Å²) in [6, 6.07) is 6.65. The van der Waals surface area contributed by atoms with Crippen LogP contribution in [-0.4, -0.2) is 24.5 Å². The van der Waals surface area contributed by atoms with Crippen molar-refractivity contribution in [2.45, 2.75) is 25.4 Å². The molecule has 15 heavy (non-hydrogen) atoms. The van der Waals surface area contributed by atoms with Crippen molar-refractivity contribution in [3.8, 4) is 0 Å². The number of halogens is 1. The van der Waals surface area contributed by atoms with Crippen LogP contribution in [0.1, 0.15) is 25.5 Å². The van der Waals surface area contributed by atoms with Crippen molar-refractivity contribution in [3.63, 3.8) is 0 Å². The normalized spacial score (nSPS) is 14.3. The third-order valence-corrected chi connectivity index (χ3v) is 2.42. The lowest BCUT2D eigenvalue weighted by Gasteiger charge is -2.36. The molecule has 0 radical (unpaired) electrons. The van der Waals surface area contributed by atoms with Gasteiger partial charge in [0.05, 0.1) is 6.04 Å². The van der Waals surface area contributed by atoms with Gasteiger partial charge in [-0.25, -0.2) is 4.39 Å². The Kier molecular flexibility index (Phi) is 3.47. The van der Waals surface area contributed by atoms with Crippen LogP contribution in [-0.2, 0) is 0 Å². The molecule has 0 spiro atoms. The van der Waals surface area contributed by atoms with Crippen molar-refractivity contribution in [2.75, 3.05) is 14.1 Å². The predicted octanol–water partition coefficient (Wildman–Crippen LogP) is 2.17. The number of rotatable bonds is 3. The van der Waals surface area contributed by atoms with Crippen LogP contribution in [0.4, 0.5) is 4.39 Å². The molecule has 0 fully saturated rings. The first-order valence-corrected chi connectivity index (χ1v) is 5.03. The average molecular weight is 210 g/mol. The highest BCUT2D eigenvalue weighted by Gasteiger charge is 2.30. The molecule has 0 aromatic heterocycles. The van der Waals surface area contributed by atoms with Crippen LogP contribution in [0.2, 0.25) is 0 Å². The Morgan fingerprint density at radius 1 is 1.27 bits per heavy atom. The van der Waals surface area contributed by atoms with Crippen molar-refractivity contribution < 1.29 is 4.39 Å². The minimum absolute atomic E-state index is 0.126. The van der Waals surface area contributed by atoms with E-state index in [0.29, 0.717) is 5.56 Å². The number of hydrogen-bond donors (Lipinski definition) is 1. The summed E-state index contributed by atoms with van der Waals surface area (Å²) in [5.41, 5.74) is 6.24. The second-order valence-electron chi connectivity index (χ2n) is 4.71. The van der Waals surface area contributed by atoms with Crippen molar-refractivity contribution in [1.82, 2.24) is 4.90 Å². The molecule has 1 atom stereocenters. The molecule has 0 heterocycles. The summed E-state index contributed by atoms with van der Waals surface area (Å²) in [6.07, 6.45) is 0. The van der Waals surface area contributed by atoms with E-state index in [1.165, 1.54) is 6.07 Å². The molecular weight excluding hydrogens is 191 g/mol. The van der Waals surface area contributed by atoms with Gasteiger partial charge in [-0.15, -0.1) is 0 Å². The summed E-state index contributed by atoms with van der Waals surface area (Å²) in [5.74, 6) is -0.199. The van der Waals surface area contributed by atoms with Crippen LogP contribution in [0.15, 0.2) is 24.3 Å². The molecule has 3 heteroatoms. The number of nitrogens with two attached hydrogens (primary N) is 1. The van der Waals surface area contributed by atoms with Crippen LogP contribution in [0.5, 0.6) is 0 Å². The molecule has 0 aliphatic carbocycles. The van der Waals surface area contributed by atoms with E-state index in [1.807, 2.05) is 38.9 Å². The fourth-order valence-electron chi connectivity index (χ4n) is 2.04. The van der Waals surface area contributed by atoms with Crippen LogP contribution in [0, 0.1) is 5.82 Å². The van der Waals surface area contributed by atoms with Crippen LogP contribution < -0.4 is 5.73 Å². The predicted molar refractivity (Wildman–Crippen MR) is 61.1 cm³/mol. The van der Waals surface area contributed by atoms with Crippen molar-refractivity contribution in [1.29, 1.82) is 0 Å². The van der Waals surface area contributed by atoms with Crippen LogP contribution >= 0.6 is 0 Å². The van der Waals surface area contributed by atoms with Gasteiger partial charge >= 0.3 is 0 Å². The molecule has 1 rings (SSSR count).